The van der Waals surface area contributed by atoms with Crippen LogP contribution in [0.1, 0.15) is 25.1 Å². The van der Waals surface area contributed by atoms with Crippen molar-refractivity contribution in [3.63, 3.8) is 0 Å². The molecule has 0 unspecified atom stereocenters. The Morgan fingerprint density at radius 1 is 1.57 bits per heavy atom. The Labute approximate surface area is 84.3 Å². The van der Waals surface area contributed by atoms with Crippen LogP contribution in [0.25, 0.3) is 0 Å². The Morgan fingerprint density at radius 2 is 2.21 bits per heavy atom. The van der Waals surface area contributed by atoms with Crippen LogP contribution in [0, 0.1) is 12.3 Å². The number of primary amides is 1. The van der Waals surface area contributed by atoms with Crippen LogP contribution >= 0.6 is 0 Å². The van der Waals surface area contributed by atoms with Crippen LogP contribution in [0.5, 0.6) is 0 Å². The normalized spacial score (nSPS) is 11.4. The maximum Gasteiger partial charge on any atom is 0.223 e. The summed E-state index contributed by atoms with van der Waals surface area (Å²) < 4.78 is 0. The van der Waals surface area contributed by atoms with Gasteiger partial charge in [-0.2, -0.15) is 0 Å². The van der Waals surface area contributed by atoms with E-state index in [4.69, 9.17) is 5.73 Å². The molecule has 0 spiro atoms. The first kappa shape index (κ1) is 10.7. The largest absolute Gasteiger partial charge is 0.369 e. The molecular weight excluding hydrogens is 176 g/mol. The second kappa shape index (κ2) is 3.78. The number of nitrogens with zero attached hydrogens (tertiary/aromatic N) is 1. The van der Waals surface area contributed by atoms with E-state index in [1.165, 1.54) is 0 Å². The number of hydrogen-bond donors (Lipinski definition) is 1. The molecule has 1 aromatic rings. The predicted molar refractivity (Wildman–Crippen MR) is 55.7 cm³/mol. The lowest BCUT2D eigenvalue weighted by atomic mass is 9.87. The second-order valence-corrected chi connectivity index (χ2v) is 4.25. The number of nitrogens with two attached hydrogens (primary N) is 1. The Morgan fingerprint density at radius 3 is 2.71 bits per heavy atom. The number of carbonyl (C=O) groups excluding carboxylic acids is 1. The summed E-state index contributed by atoms with van der Waals surface area (Å²) in [4.78, 5) is 15.3. The molecule has 1 amide bonds. The molecule has 0 aliphatic heterocycles. The molecule has 0 atom stereocenters. The van der Waals surface area contributed by atoms with Gasteiger partial charge in [0.25, 0.3) is 0 Å². The molecule has 0 aromatic carbocycles. The molecule has 3 nitrogen and oxygen atoms in total. The van der Waals surface area contributed by atoms with Crippen molar-refractivity contribution in [3.8, 4) is 0 Å². The van der Waals surface area contributed by atoms with Crippen LogP contribution < -0.4 is 5.73 Å². The molecule has 1 aromatic heterocycles. The smallest absolute Gasteiger partial charge is 0.223 e. The Bertz CT molecular complexity index is 345. The minimum absolute atomic E-state index is 0.291. The highest BCUT2D eigenvalue weighted by atomic mass is 16.1. The number of pyridine rings is 1. The summed E-state index contributed by atoms with van der Waals surface area (Å²) in [5.41, 5.74) is 6.82. The Kier molecular flexibility index (Phi) is 2.89. The average molecular weight is 192 g/mol. The lowest BCUT2D eigenvalue weighted by molar-refractivity contribution is -0.125. The molecule has 1 heterocycles. The molecule has 3 heteroatoms. The molecule has 76 valence electrons. The number of hydrogen-bond acceptors (Lipinski definition) is 2. The van der Waals surface area contributed by atoms with Gasteiger partial charge in [0.1, 0.15) is 0 Å². The number of aryl methyl sites for hydroxylation is 1. The number of amides is 1. The van der Waals surface area contributed by atoms with Crippen molar-refractivity contribution in [1.82, 2.24) is 4.98 Å². The topological polar surface area (TPSA) is 56.0 Å². The third kappa shape index (κ3) is 2.55. The average Bonchev–Trinajstić information content (AvgIpc) is 2.02. The van der Waals surface area contributed by atoms with Crippen LogP contribution in [0.15, 0.2) is 18.3 Å². The van der Waals surface area contributed by atoms with Gasteiger partial charge in [-0.05, 0) is 24.6 Å². The first-order valence-electron chi connectivity index (χ1n) is 4.63. The van der Waals surface area contributed by atoms with E-state index in [-0.39, 0.29) is 5.91 Å². The van der Waals surface area contributed by atoms with Crippen molar-refractivity contribution in [2.75, 3.05) is 0 Å². The van der Waals surface area contributed by atoms with Gasteiger partial charge in [0.05, 0.1) is 0 Å². The molecule has 0 saturated heterocycles. The van der Waals surface area contributed by atoms with Crippen molar-refractivity contribution in [2.45, 2.75) is 27.2 Å². The highest BCUT2D eigenvalue weighted by Gasteiger charge is 2.25. The zero-order chi connectivity index (χ0) is 10.8. The number of aromatic nitrogens is 1. The molecule has 2 N–H and O–H groups in total. The fourth-order valence-corrected chi connectivity index (χ4v) is 1.24. The minimum atomic E-state index is -0.527. The lowest BCUT2D eigenvalue weighted by Gasteiger charge is -2.19. The van der Waals surface area contributed by atoms with Crippen molar-refractivity contribution < 1.29 is 4.79 Å². The summed E-state index contributed by atoms with van der Waals surface area (Å²) in [5, 5.41) is 0. The zero-order valence-corrected chi connectivity index (χ0v) is 8.87. The molecular formula is C11H16N2O. The SMILES string of the molecule is Cc1ccnc(CC(C)(C)C(N)=O)c1. The van der Waals surface area contributed by atoms with Crippen LogP contribution in [-0.2, 0) is 11.2 Å². The molecule has 0 aliphatic rings. The summed E-state index contributed by atoms with van der Waals surface area (Å²) in [5.74, 6) is -0.291. The van der Waals surface area contributed by atoms with Crippen LogP contribution in [0.2, 0.25) is 0 Å². The zero-order valence-electron chi connectivity index (χ0n) is 8.87. The summed E-state index contributed by atoms with van der Waals surface area (Å²) in [6.45, 7) is 5.67. The molecule has 0 saturated carbocycles. The van der Waals surface area contributed by atoms with E-state index in [2.05, 4.69) is 4.98 Å². The van der Waals surface area contributed by atoms with E-state index in [0.29, 0.717) is 6.42 Å². The van der Waals surface area contributed by atoms with Gasteiger partial charge in [-0.25, -0.2) is 0 Å². The second-order valence-electron chi connectivity index (χ2n) is 4.25. The fourth-order valence-electron chi connectivity index (χ4n) is 1.24. The first-order chi connectivity index (χ1) is 6.42. The molecule has 0 aliphatic carbocycles. The summed E-state index contributed by atoms with van der Waals surface area (Å²) in [7, 11) is 0. The predicted octanol–water partition coefficient (Wildman–Crippen LogP) is 1.44. The van der Waals surface area contributed by atoms with E-state index in [1.807, 2.05) is 32.9 Å². The van der Waals surface area contributed by atoms with E-state index in [9.17, 15) is 4.79 Å². The molecule has 0 radical (unpaired) electrons. The van der Waals surface area contributed by atoms with Gasteiger partial charge in [0, 0.05) is 23.7 Å². The van der Waals surface area contributed by atoms with Crippen molar-refractivity contribution >= 4 is 5.91 Å². The van der Waals surface area contributed by atoms with Gasteiger partial charge in [0.2, 0.25) is 5.91 Å². The van der Waals surface area contributed by atoms with Crippen molar-refractivity contribution in [3.05, 3.63) is 29.6 Å². The monoisotopic (exact) mass is 192 g/mol. The van der Waals surface area contributed by atoms with Gasteiger partial charge in [0.15, 0.2) is 0 Å². The van der Waals surface area contributed by atoms with E-state index < -0.39 is 5.41 Å². The standard InChI is InChI=1S/C11H16N2O/c1-8-4-5-13-9(6-8)7-11(2,3)10(12)14/h4-6H,7H2,1-3H3,(H2,12,14). The highest BCUT2D eigenvalue weighted by molar-refractivity contribution is 5.80. The number of rotatable bonds is 3. The summed E-state index contributed by atoms with van der Waals surface area (Å²) >= 11 is 0. The van der Waals surface area contributed by atoms with Crippen molar-refractivity contribution in [2.24, 2.45) is 11.1 Å². The fraction of sp³-hybridized carbons (Fsp3) is 0.455. The molecule has 1 rings (SSSR count). The Hall–Kier alpha value is -1.38. The highest BCUT2D eigenvalue weighted by Crippen LogP contribution is 2.20. The molecule has 0 bridgehead atoms. The van der Waals surface area contributed by atoms with E-state index >= 15 is 0 Å². The maximum atomic E-state index is 11.1. The summed E-state index contributed by atoms with van der Waals surface area (Å²) in [6, 6.07) is 3.91. The quantitative estimate of drug-likeness (QED) is 0.788. The lowest BCUT2D eigenvalue weighted by Crippen LogP contribution is -2.33. The Balaban J connectivity index is 2.83. The van der Waals surface area contributed by atoms with Crippen LogP contribution in [-0.4, -0.2) is 10.9 Å². The maximum absolute atomic E-state index is 11.1. The molecule has 0 fully saturated rings. The van der Waals surface area contributed by atoms with Gasteiger partial charge < -0.3 is 5.73 Å². The van der Waals surface area contributed by atoms with Gasteiger partial charge in [-0.15, -0.1) is 0 Å². The third-order valence-electron chi connectivity index (χ3n) is 2.26. The summed E-state index contributed by atoms with van der Waals surface area (Å²) in [6.07, 6.45) is 2.34. The van der Waals surface area contributed by atoms with Gasteiger partial charge in [-0.1, -0.05) is 13.8 Å². The molecule has 14 heavy (non-hydrogen) atoms. The van der Waals surface area contributed by atoms with Gasteiger partial charge in [-0.3, -0.25) is 9.78 Å². The van der Waals surface area contributed by atoms with Gasteiger partial charge >= 0.3 is 0 Å². The van der Waals surface area contributed by atoms with Crippen LogP contribution in [0.4, 0.5) is 0 Å². The van der Waals surface area contributed by atoms with E-state index in [1.54, 1.807) is 6.20 Å². The first-order valence-corrected chi connectivity index (χ1v) is 4.63. The minimum Gasteiger partial charge on any atom is -0.369 e. The van der Waals surface area contributed by atoms with E-state index in [0.717, 1.165) is 11.3 Å². The number of carbonyl (C=O) groups is 1. The van der Waals surface area contributed by atoms with Crippen molar-refractivity contribution in [1.29, 1.82) is 0 Å². The van der Waals surface area contributed by atoms with Crippen LogP contribution in [0.3, 0.4) is 0 Å². The third-order valence-corrected chi connectivity index (χ3v) is 2.26.